The highest BCUT2D eigenvalue weighted by molar-refractivity contribution is 5.38. The van der Waals surface area contributed by atoms with Gasteiger partial charge in [0.1, 0.15) is 5.75 Å². The summed E-state index contributed by atoms with van der Waals surface area (Å²) < 4.78 is 10.8. The minimum Gasteiger partial charge on any atom is -0.467 e. The van der Waals surface area contributed by atoms with Gasteiger partial charge in [-0.15, -0.1) is 4.98 Å². The third-order valence-electron chi connectivity index (χ3n) is 2.74. The van der Waals surface area contributed by atoms with Crippen LogP contribution < -0.4 is 14.8 Å². The molecule has 0 saturated carbocycles. The Morgan fingerprint density at radius 1 is 1.05 bits per heavy atom. The number of hydrogen-bond acceptors (Lipinski definition) is 6. The van der Waals surface area contributed by atoms with Crippen molar-refractivity contribution in [3.05, 3.63) is 29.8 Å². The summed E-state index contributed by atoms with van der Waals surface area (Å²) in [7, 11) is 3.22. The summed E-state index contributed by atoms with van der Waals surface area (Å²) in [6.07, 6.45) is 0. The molecule has 0 atom stereocenters. The zero-order valence-corrected chi connectivity index (χ0v) is 12.0. The SMILES string of the molecule is CNc1nc(OC)nc(Oc2ccccc2C(C)C)n1. The lowest BCUT2D eigenvalue weighted by molar-refractivity contribution is 0.359. The molecule has 0 bridgehead atoms. The highest BCUT2D eigenvalue weighted by Crippen LogP contribution is 2.29. The van der Waals surface area contributed by atoms with Crippen LogP contribution in [0.2, 0.25) is 0 Å². The topological polar surface area (TPSA) is 69.2 Å². The first-order chi connectivity index (χ1) is 9.63. The molecule has 2 rings (SSSR count). The van der Waals surface area contributed by atoms with Crippen molar-refractivity contribution < 1.29 is 9.47 Å². The van der Waals surface area contributed by atoms with Crippen LogP contribution in [-0.4, -0.2) is 29.1 Å². The Bertz CT molecular complexity index is 565. The summed E-state index contributed by atoms with van der Waals surface area (Å²) in [5.41, 5.74) is 1.10. The van der Waals surface area contributed by atoms with Crippen molar-refractivity contribution in [2.45, 2.75) is 19.8 Å². The molecule has 0 aliphatic carbocycles. The van der Waals surface area contributed by atoms with Gasteiger partial charge in [-0.25, -0.2) is 0 Å². The zero-order valence-electron chi connectivity index (χ0n) is 12.0. The molecule has 0 aliphatic rings. The van der Waals surface area contributed by atoms with Crippen LogP contribution in [0.25, 0.3) is 0 Å². The van der Waals surface area contributed by atoms with Crippen molar-refractivity contribution in [3.8, 4) is 17.8 Å². The molecule has 6 heteroatoms. The Hall–Kier alpha value is -2.37. The number of anilines is 1. The van der Waals surface area contributed by atoms with Gasteiger partial charge in [-0.1, -0.05) is 32.0 Å². The van der Waals surface area contributed by atoms with Gasteiger partial charge in [-0.2, -0.15) is 9.97 Å². The number of para-hydroxylation sites is 1. The summed E-state index contributed by atoms with van der Waals surface area (Å²) in [4.78, 5) is 12.3. The van der Waals surface area contributed by atoms with Gasteiger partial charge in [0.25, 0.3) is 0 Å². The van der Waals surface area contributed by atoms with Crippen LogP contribution in [0.5, 0.6) is 17.8 Å². The molecular weight excluding hydrogens is 256 g/mol. The van der Waals surface area contributed by atoms with E-state index < -0.39 is 0 Å². The van der Waals surface area contributed by atoms with Gasteiger partial charge in [-0.3, -0.25) is 0 Å². The number of benzene rings is 1. The lowest BCUT2D eigenvalue weighted by Gasteiger charge is -2.12. The van der Waals surface area contributed by atoms with E-state index in [0.717, 1.165) is 11.3 Å². The molecule has 0 aliphatic heterocycles. The smallest absolute Gasteiger partial charge is 0.330 e. The number of nitrogens with zero attached hydrogens (tertiary/aromatic N) is 3. The van der Waals surface area contributed by atoms with Crippen LogP contribution in [0.3, 0.4) is 0 Å². The van der Waals surface area contributed by atoms with Gasteiger partial charge in [0.15, 0.2) is 0 Å². The van der Waals surface area contributed by atoms with E-state index in [1.807, 2.05) is 24.3 Å². The van der Waals surface area contributed by atoms with Gasteiger partial charge in [0.05, 0.1) is 7.11 Å². The average molecular weight is 274 g/mol. The van der Waals surface area contributed by atoms with Gasteiger partial charge in [-0.05, 0) is 17.5 Å². The van der Waals surface area contributed by atoms with Crippen LogP contribution >= 0.6 is 0 Å². The third kappa shape index (κ3) is 3.14. The van der Waals surface area contributed by atoms with E-state index in [1.165, 1.54) is 7.11 Å². The quantitative estimate of drug-likeness (QED) is 0.904. The number of methoxy groups -OCH3 is 1. The Kier molecular flexibility index (Phi) is 4.34. The largest absolute Gasteiger partial charge is 0.467 e. The summed E-state index contributed by atoms with van der Waals surface area (Å²) in [5, 5.41) is 2.84. The van der Waals surface area contributed by atoms with Gasteiger partial charge in [0.2, 0.25) is 5.95 Å². The lowest BCUT2D eigenvalue weighted by Crippen LogP contribution is -2.04. The second-order valence-corrected chi connectivity index (χ2v) is 4.47. The first kappa shape index (κ1) is 14.0. The molecule has 1 aromatic carbocycles. The molecule has 0 spiro atoms. The fourth-order valence-electron chi connectivity index (χ4n) is 1.74. The van der Waals surface area contributed by atoms with Crippen LogP contribution in [0.1, 0.15) is 25.3 Å². The van der Waals surface area contributed by atoms with Crippen LogP contribution in [0, 0.1) is 0 Å². The maximum Gasteiger partial charge on any atom is 0.330 e. The number of rotatable bonds is 5. The number of ether oxygens (including phenoxy) is 2. The van der Waals surface area contributed by atoms with E-state index in [9.17, 15) is 0 Å². The Balaban J connectivity index is 2.34. The second kappa shape index (κ2) is 6.18. The lowest BCUT2D eigenvalue weighted by atomic mass is 10.0. The van der Waals surface area contributed by atoms with Gasteiger partial charge in [0, 0.05) is 7.05 Å². The van der Waals surface area contributed by atoms with Crippen LogP contribution in [0.15, 0.2) is 24.3 Å². The fourth-order valence-corrected chi connectivity index (χ4v) is 1.74. The molecule has 0 fully saturated rings. The Morgan fingerprint density at radius 2 is 1.75 bits per heavy atom. The maximum atomic E-state index is 5.77. The van der Waals surface area contributed by atoms with E-state index in [-0.39, 0.29) is 12.0 Å². The van der Waals surface area contributed by atoms with Gasteiger partial charge >= 0.3 is 12.0 Å². The van der Waals surface area contributed by atoms with E-state index in [4.69, 9.17) is 9.47 Å². The molecule has 0 amide bonds. The van der Waals surface area contributed by atoms with Gasteiger partial charge < -0.3 is 14.8 Å². The van der Waals surface area contributed by atoms with Crippen LogP contribution in [-0.2, 0) is 0 Å². The third-order valence-corrected chi connectivity index (χ3v) is 2.74. The zero-order chi connectivity index (χ0) is 14.5. The molecule has 1 heterocycles. The molecule has 2 aromatic rings. The summed E-state index contributed by atoms with van der Waals surface area (Å²) >= 11 is 0. The van der Waals surface area contributed by atoms with Crippen molar-refractivity contribution in [1.29, 1.82) is 0 Å². The molecule has 0 unspecified atom stereocenters. The van der Waals surface area contributed by atoms with Crippen molar-refractivity contribution in [3.63, 3.8) is 0 Å². The normalized spacial score (nSPS) is 10.4. The number of hydrogen-bond donors (Lipinski definition) is 1. The molecule has 20 heavy (non-hydrogen) atoms. The molecule has 0 radical (unpaired) electrons. The molecule has 1 aromatic heterocycles. The predicted octanol–water partition coefficient (Wildman–Crippen LogP) is 2.84. The minimum absolute atomic E-state index is 0.203. The second-order valence-electron chi connectivity index (χ2n) is 4.47. The average Bonchev–Trinajstić information content (AvgIpc) is 2.47. The Labute approximate surface area is 118 Å². The fraction of sp³-hybridized carbons (Fsp3) is 0.357. The number of aromatic nitrogens is 3. The van der Waals surface area contributed by atoms with Crippen molar-refractivity contribution in [2.24, 2.45) is 0 Å². The van der Waals surface area contributed by atoms with E-state index >= 15 is 0 Å². The van der Waals surface area contributed by atoms with Crippen LogP contribution in [0.4, 0.5) is 5.95 Å². The monoisotopic (exact) mass is 274 g/mol. The predicted molar refractivity (Wildman–Crippen MR) is 76.5 cm³/mol. The van der Waals surface area contributed by atoms with E-state index in [1.54, 1.807) is 7.05 Å². The summed E-state index contributed by atoms with van der Waals surface area (Å²) in [5.74, 6) is 1.48. The van der Waals surface area contributed by atoms with E-state index in [0.29, 0.717) is 11.9 Å². The molecular formula is C14H18N4O2. The van der Waals surface area contributed by atoms with Crippen molar-refractivity contribution in [1.82, 2.24) is 15.0 Å². The Morgan fingerprint density at radius 3 is 2.40 bits per heavy atom. The molecule has 6 nitrogen and oxygen atoms in total. The highest BCUT2D eigenvalue weighted by Gasteiger charge is 2.12. The number of nitrogens with one attached hydrogen (secondary N) is 1. The van der Waals surface area contributed by atoms with Crippen molar-refractivity contribution in [2.75, 3.05) is 19.5 Å². The summed E-state index contributed by atoms with van der Waals surface area (Å²) in [6, 6.07) is 8.23. The first-order valence-corrected chi connectivity index (χ1v) is 6.38. The minimum atomic E-state index is 0.203. The summed E-state index contributed by atoms with van der Waals surface area (Å²) in [6.45, 7) is 4.21. The molecule has 106 valence electrons. The van der Waals surface area contributed by atoms with Crippen molar-refractivity contribution >= 4 is 5.95 Å². The first-order valence-electron chi connectivity index (χ1n) is 6.38. The standard InChI is InChI=1S/C14H18N4O2/c1-9(2)10-7-5-6-8-11(10)20-14-17-12(15-3)16-13(18-14)19-4/h5-9H,1-4H3,(H,15,16,17,18). The highest BCUT2D eigenvalue weighted by atomic mass is 16.5. The molecule has 1 N–H and O–H groups in total. The molecule has 0 saturated heterocycles. The van der Waals surface area contributed by atoms with E-state index in [2.05, 4.69) is 34.1 Å². The maximum absolute atomic E-state index is 5.77.